The van der Waals surface area contributed by atoms with Gasteiger partial charge in [-0.3, -0.25) is 9.48 Å². The third-order valence-corrected chi connectivity index (χ3v) is 4.23. The third kappa shape index (κ3) is 4.72. The number of piperidine rings is 1. The van der Waals surface area contributed by atoms with E-state index in [4.69, 9.17) is 0 Å². The van der Waals surface area contributed by atoms with Gasteiger partial charge in [-0.2, -0.15) is 5.10 Å². The van der Waals surface area contributed by atoms with E-state index in [0.717, 1.165) is 25.0 Å². The summed E-state index contributed by atoms with van der Waals surface area (Å²) in [5.74, 6) is 0.422. The Morgan fingerprint density at radius 2 is 2.00 bits per heavy atom. The van der Waals surface area contributed by atoms with Gasteiger partial charge in [0.15, 0.2) is 0 Å². The molecule has 3 amide bonds. The molecule has 7 nitrogen and oxygen atoms in total. The quantitative estimate of drug-likeness (QED) is 0.857. The van der Waals surface area contributed by atoms with Crippen LogP contribution in [0.5, 0.6) is 0 Å². The minimum Gasteiger partial charge on any atom is -0.348 e. The van der Waals surface area contributed by atoms with E-state index >= 15 is 0 Å². The van der Waals surface area contributed by atoms with Crippen LogP contribution in [-0.2, 0) is 13.5 Å². The summed E-state index contributed by atoms with van der Waals surface area (Å²) in [6.07, 6.45) is 2.42. The number of amides is 3. The maximum absolute atomic E-state index is 12.5. The van der Waals surface area contributed by atoms with Gasteiger partial charge in [-0.15, -0.1) is 0 Å². The van der Waals surface area contributed by atoms with Crippen LogP contribution in [0.25, 0.3) is 0 Å². The Balaban J connectivity index is 1.87. The van der Waals surface area contributed by atoms with Gasteiger partial charge in [-0.05, 0) is 38.2 Å². The zero-order valence-corrected chi connectivity index (χ0v) is 15.1. The average molecular weight is 335 g/mol. The van der Waals surface area contributed by atoms with E-state index < -0.39 is 0 Å². The molecular formula is C17H29N5O2. The van der Waals surface area contributed by atoms with Crippen molar-refractivity contribution in [3.05, 3.63) is 17.5 Å². The molecular weight excluding hydrogens is 306 g/mol. The number of likely N-dealkylation sites (tertiary alicyclic amines) is 1. The van der Waals surface area contributed by atoms with Crippen LogP contribution in [0.15, 0.2) is 6.07 Å². The Bertz CT molecular complexity index is 574. The van der Waals surface area contributed by atoms with E-state index in [1.807, 2.05) is 13.0 Å². The first-order chi connectivity index (χ1) is 11.4. The molecule has 1 aromatic rings. The summed E-state index contributed by atoms with van der Waals surface area (Å²) in [4.78, 5) is 26.1. The van der Waals surface area contributed by atoms with Crippen LogP contribution in [0.4, 0.5) is 4.79 Å². The Kier molecular flexibility index (Phi) is 6.23. The average Bonchev–Trinajstić information content (AvgIpc) is 2.88. The second-order valence-corrected chi connectivity index (χ2v) is 6.81. The molecule has 0 bridgehead atoms. The fourth-order valence-electron chi connectivity index (χ4n) is 3.01. The van der Waals surface area contributed by atoms with Crippen molar-refractivity contribution in [3.8, 4) is 0 Å². The molecule has 1 saturated heterocycles. The number of nitrogens with one attached hydrogen (secondary N) is 2. The van der Waals surface area contributed by atoms with Gasteiger partial charge >= 0.3 is 6.03 Å². The van der Waals surface area contributed by atoms with Gasteiger partial charge in [0.2, 0.25) is 0 Å². The topological polar surface area (TPSA) is 79.3 Å². The predicted molar refractivity (Wildman–Crippen MR) is 92.9 cm³/mol. The maximum atomic E-state index is 12.5. The minimum absolute atomic E-state index is 0.0211. The summed E-state index contributed by atoms with van der Waals surface area (Å²) in [6.45, 7) is 8.15. The smallest absolute Gasteiger partial charge is 0.317 e. The van der Waals surface area contributed by atoms with Crippen LogP contribution < -0.4 is 10.6 Å². The molecule has 0 spiro atoms. The molecule has 0 atom stereocenters. The van der Waals surface area contributed by atoms with Gasteiger partial charge in [0, 0.05) is 32.7 Å². The first-order valence-corrected chi connectivity index (χ1v) is 8.77. The van der Waals surface area contributed by atoms with Crippen molar-refractivity contribution in [3.63, 3.8) is 0 Å². The largest absolute Gasteiger partial charge is 0.348 e. The molecule has 134 valence electrons. The fourth-order valence-corrected chi connectivity index (χ4v) is 3.01. The van der Waals surface area contributed by atoms with E-state index in [2.05, 4.69) is 29.6 Å². The van der Waals surface area contributed by atoms with Crippen molar-refractivity contribution in [1.29, 1.82) is 0 Å². The number of urea groups is 1. The van der Waals surface area contributed by atoms with Gasteiger partial charge in [-0.1, -0.05) is 13.8 Å². The lowest BCUT2D eigenvalue weighted by Crippen LogP contribution is -2.49. The highest BCUT2D eigenvalue weighted by atomic mass is 16.2. The molecule has 1 aliphatic rings. The summed E-state index contributed by atoms with van der Waals surface area (Å²) in [7, 11) is 1.80. The summed E-state index contributed by atoms with van der Waals surface area (Å²) < 4.78 is 1.65. The SMILES string of the molecule is CCNC(=O)N1CCC(NC(=O)c2cc(CC(C)C)nn2C)CC1. The first-order valence-electron chi connectivity index (χ1n) is 8.77. The molecule has 0 saturated carbocycles. The monoisotopic (exact) mass is 335 g/mol. The number of carbonyl (C=O) groups is 2. The number of carbonyl (C=O) groups excluding carboxylic acids is 2. The molecule has 0 aliphatic carbocycles. The Hall–Kier alpha value is -2.05. The van der Waals surface area contributed by atoms with E-state index in [0.29, 0.717) is 31.2 Å². The zero-order chi connectivity index (χ0) is 17.7. The second kappa shape index (κ2) is 8.17. The maximum Gasteiger partial charge on any atom is 0.317 e. The van der Waals surface area contributed by atoms with E-state index in [1.54, 1.807) is 16.6 Å². The number of aromatic nitrogens is 2. The fraction of sp³-hybridized carbons (Fsp3) is 0.706. The van der Waals surface area contributed by atoms with Gasteiger partial charge in [0.05, 0.1) is 5.69 Å². The highest BCUT2D eigenvalue weighted by molar-refractivity contribution is 5.92. The molecule has 7 heteroatoms. The van der Waals surface area contributed by atoms with Gasteiger partial charge in [0.1, 0.15) is 5.69 Å². The lowest BCUT2D eigenvalue weighted by atomic mass is 10.0. The Labute approximate surface area is 143 Å². The van der Waals surface area contributed by atoms with Crippen LogP contribution in [0, 0.1) is 5.92 Å². The van der Waals surface area contributed by atoms with Gasteiger partial charge in [0.25, 0.3) is 5.91 Å². The van der Waals surface area contributed by atoms with Crippen LogP contribution in [-0.4, -0.2) is 52.3 Å². The summed E-state index contributed by atoms with van der Waals surface area (Å²) in [6, 6.07) is 1.96. The minimum atomic E-state index is -0.0866. The molecule has 0 unspecified atom stereocenters. The molecule has 1 aliphatic heterocycles. The van der Waals surface area contributed by atoms with E-state index in [-0.39, 0.29) is 18.0 Å². The predicted octanol–water partition coefficient (Wildman–Crippen LogP) is 1.54. The number of aryl methyl sites for hydroxylation is 1. The van der Waals surface area contributed by atoms with Gasteiger partial charge in [-0.25, -0.2) is 4.79 Å². The van der Waals surface area contributed by atoms with Crippen LogP contribution in [0.1, 0.15) is 49.8 Å². The molecule has 24 heavy (non-hydrogen) atoms. The number of hydrogen-bond donors (Lipinski definition) is 2. The molecule has 2 N–H and O–H groups in total. The van der Waals surface area contributed by atoms with Crippen molar-refractivity contribution in [1.82, 2.24) is 25.3 Å². The first kappa shape index (κ1) is 18.3. The van der Waals surface area contributed by atoms with Crippen molar-refractivity contribution >= 4 is 11.9 Å². The molecule has 1 aromatic heterocycles. The summed E-state index contributed by atoms with van der Waals surface area (Å²) in [5, 5.41) is 10.3. The van der Waals surface area contributed by atoms with Crippen LogP contribution in [0.3, 0.4) is 0 Å². The van der Waals surface area contributed by atoms with Gasteiger partial charge < -0.3 is 15.5 Å². The molecule has 0 radical (unpaired) electrons. The van der Waals surface area contributed by atoms with Crippen molar-refractivity contribution < 1.29 is 9.59 Å². The normalized spacial score (nSPS) is 15.6. The zero-order valence-electron chi connectivity index (χ0n) is 15.1. The van der Waals surface area contributed by atoms with E-state index in [1.165, 1.54) is 0 Å². The van der Waals surface area contributed by atoms with Crippen molar-refractivity contribution in [2.24, 2.45) is 13.0 Å². The molecule has 0 aromatic carbocycles. The third-order valence-electron chi connectivity index (χ3n) is 4.23. The molecule has 2 heterocycles. The molecule has 1 fully saturated rings. The van der Waals surface area contributed by atoms with Crippen molar-refractivity contribution in [2.75, 3.05) is 19.6 Å². The van der Waals surface area contributed by atoms with E-state index in [9.17, 15) is 9.59 Å². The standard InChI is InChI=1S/C17H29N5O2/c1-5-18-17(24)22-8-6-13(7-9-22)19-16(23)15-11-14(10-12(2)3)20-21(15)4/h11-13H,5-10H2,1-4H3,(H,18,24)(H,19,23). The highest BCUT2D eigenvalue weighted by Gasteiger charge is 2.24. The van der Waals surface area contributed by atoms with Crippen LogP contribution >= 0.6 is 0 Å². The summed E-state index contributed by atoms with van der Waals surface area (Å²) in [5.41, 5.74) is 1.54. The highest BCUT2D eigenvalue weighted by Crippen LogP contribution is 2.13. The lowest BCUT2D eigenvalue weighted by Gasteiger charge is -2.32. The number of hydrogen-bond acceptors (Lipinski definition) is 3. The molecule has 2 rings (SSSR count). The summed E-state index contributed by atoms with van der Waals surface area (Å²) >= 11 is 0. The Morgan fingerprint density at radius 1 is 1.33 bits per heavy atom. The second-order valence-electron chi connectivity index (χ2n) is 6.81. The Morgan fingerprint density at radius 3 is 2.58 bits per heavy atom. The number of nitrogens with zero attached hydrogens (tertiary/aromatic N) is 3. The van der Waals surface area contributed by atoms with Crippen molar-refractivity contribution in [2.45, 2.75) is 46.1 Å². The lowest BCUT2D eigenvalue weighted by molar-refractivity contribution is 0.0908. The number of rotatable bonds is 5. The van der Waals surface area contributed by atoms with Crippen LogP contribution in [0.2, 0.25) is 0 Å².